The van der Waals surface area contributed by atoms with Gasteiger partial charge in [0.25, 0.3) is 0 Å². The molecule has 0 heterocycles. The number of amides is 1. The average Bonchev–Trinajstić information content (AvgIpc) is 2.56. The molecule has 0 atom stereocenters. The second-order valence-corrected chi connectivity index (χ2v) is 7.60. The number of rotatable bonds is 6. The molecule has 1 amide bonds. The molecule has 0 aromatic carbocycles. The van der Waals surface area contributed by atoms with Gasteiger partial charge in [0.15, 0.2) is 0 Å². The summed E-state index contributed by atoms with van der Waals surface area (Å²) in [6.07, 6.45) is 8.67. The van der Waals surface area contributed by atoms with E-state index in [0.29, 0.717) is 0 Å². The van der Waals surface area contributed by atoms with Crippen LogP contribution in [-0.4, -0.2) is 54.5 Å². The lowest BCUT2D eigenvalue weighted by molar-refractivity contribution is -0.127. The van der Waals surface area contributed by atoms with Crippen molar-refractivity contribution in [3.8, 4) is 12.3 Å². The summed E-state index contributed by atoms with van der Waals surface area (Å²) in [6.45, 7) is 12.2. The molecule has 0 N–H and O–H groups in total. The third-order valence-electron chi connectivity index (χ3n) is 2.83. The highest BCUT2D eigenvalue weighted by Crippen LogP contribution is 2.02. The minimum atomic E-state index is -2.17. The molecule has 23 heavy (non-hydrogen) atoms. The predicted molar refractivity (Wildman–Crippen MR) is 101 cm³/mol. The van der Waals surface area contributed by atoms with Crippen LogP contribution in [0.25, 0.3) is 0 Å². The van der Waals surface area contributed by atoms with E-state index in [1.54, 1.807) is 47.1 Å². The van der Waals surface area contributed by atoms with E-state index in [2.05, 4.69) is 26.2 Å². The van der Waals surface area contributed by atoms with Crippen LogP contribution in [0.4, 0.5) is 0 Å². The van der Waals surface area contributed by atoms with E-state index in [1.807, 2.05) is 13.5 Å². The fraction of sp³-hybridized carbons (Fsp3) is 0.824. The third-order valence-corrected chi connectivity index (χ3v) is 5.06. The van der Waals surface area contributed by atoms with Gasteiger partial charge in [-0.15, -0.1) is 12.3 Å². The summed E-state index contributed by atoms with van der Waals surface area (Å²) < 4.78 is 14.8. The molecule has 6 heteroatoms. The van der Waals surface area contributed by atoms with Crippen molar-refractivity contribution < 1.29 is 18.1 Å². The molecular weight excluding hydrogens is 310 g/mol. The van der Waals surface area contributed by atoms with E-state index in [-0.39, 0.29) is 5.91 Å². The first-order chi connectivity index (χ1) is 10.7. The first kappa shape index (κ1) is 30.1. The van der Waals surface area contributed by atoms with Crippen LogP contribution in [0.3, 0.4) is 0 Å². The molecular formula is C17H39NO4Si. The molecule has 0 bridgehead atoms. The molecule has 5 nitrogen and oxygen atoms in total. The molecule has 0 aliphatic heterocycles. The molecule has 0 aromatic rings. The Morgan fingerprint density at radius 1 is 1.09 bits per heavy atom. The molecule has 0 aliphatic rings. The van der Waals surface area contributed by atoms with Crippen molar-refractivity contribution >= 4 is 14.7 Å². The Balaban J connectivity index is -0.000000111. The zero-order valence-corrected chi connectivity index (χ0v) is 18.0. The number of unbranched alkanes of at least 4 members (excludes halogenated alkanes) is 2. The summed E-state index contributed by atoms with van der Waals surface area (Å²) in [6, 6.07) is 0. The van der Waals surface area contributed by atoms with Gasteiger partial charge in [0.1, 0.15) is 0 Å². The van der Waals surface area contributed by atoms with Crippen molar-refractivity contribution in [1.29, 1.82) is 0 Å². The van der Waals surface area contributed by atoms with Crippen molar-refractivity contribution in [2.75, 3.05) is 34.9 Å². The maximum absolute atomic E-state index is 10.3. The summed E-state index contributed by atoms with van der Waals surface area (Å²) in [5.41, 5.74) is 0. The van der Waals surface area contributed by atoms with Gasteiger partial charge in [-0.3, -0.25) is 4.79 Å². The third kappa shape index (κ3) is 29.7. The molecule has 0 fully saturated rings. The van der Waals surface area contributed by atoms with E-state index in [0.717, 1.165) is 6.54 Å². The molecule has 0 saturated heterocycles. The van der Waals surface area contributed by atoms with Crippen LogP contribution in [0.15, 0.2) is 0 Å². The Bertz CT molecular complexity index is 266. The molecule has 0 unspecified atom stereocenters. The lowest BCUT2D eigenvalue weighted by Gasteiger charge is -2.18. The minimum Gasteiger partial charge on any atom is -0.377 e. The summed E-state index contributed by atoms with van der Waals surface area (Å²) in [4.78, 5) is 12.0. The molecule has 0 saturated carbocycles. The number of terminal acetylenes is 1. The zero-order valence-electron chi connectivity index (χ0n) is 17.0. The molecule has 0 aromatic heterocycles. The van der Waals surface area contributed by atoms with Gasteiger partial charge in [-0.2, -0.15) is 0 Å². The standard InChI is InChI=1S/C5H11NO.C5H12.C4H12O3Si.C3H4/c1-4-6(3)5(2)7;1-3-5-4-2;1-5-8(4,6-2)7-3;1-3-2/h4H2,1-3H3;3-5H2,1-2H3;1-4H3;1H,2H3. The minimum absolute atomic E-state index is 0.127. The maximum Gasteiger partial charge on any atom is 0.496 e. The quantitative estimate of drug-likeness (QED) is 0.540. The van der Waals surface area contributed by atoms with Gasteiger partial charge in [-0.05, 0) is 13.8 Å². The largest absolute Gasteiger partial charge is 0.496 e. The van der Waals surface area contributed by atoms with Gasteiger partial charge in [0, 0.05) is 48.4 Å². The molecule has 0 aliphatic carbocycles. The van der Waals surface area contributed by atoms with Crippen molar-refractivity contribution in [3.05, 3.63) is 0 Å². The number of nitrogens with zero attached hydrogens (tertiary/aromatic N) is 1. The van der Waals surface area contributed by atoms with E-state index in [9.17, 15) is 4.79 Å². The molecule has 140 valence electrons. The van der Waals surface area contributed by atoms with Gasteiger partial charge in [-0.1, -0.05) is 33.1 Å². The molecule has 0 radical (unpaired) electrons. The van der Waals surface area contributed by atoms with Crippen LogP contribution >= 0.6 is 0 Å². The number of hydrogen-bond donors (Lipinski definition) is 0. The second kappa shape index (κ2) is 23.4. The van der Waals surface area contributed by atoms with Gasteiger partial charge in [0.05, 0.1) is 0 Å². The van der Waals surface area contributed by atoms with Crippen LogP contribution < -0.4 is 0 Å². The van der Waals surface area contributed by atoms with Gasteiger partial charge in [-0.25, -0.2) is 0 Å². The molecule has 0 spiro atoms. The van der Waals surface area contributed by atoms with Gasteiger partial charge in [0.2, 0.25) is 5.91 Å². The van der Waals surface area contributed by atoms with Crippen molar-refractivity contribution in [2.45, 2.75) is 60.4 Å². The fourth-order valence-corrected chi connectivity index (χ4v) is 1.33. The lowest BCUT2D eigenvalue weighted by Crippen LogP contribution is -2.38. The summed E-state index contributed by atoms with van der Waals surface area (Å²) in [5, 5.41) is 0. The zero-order chi connectivity index (χ0) is 19.3. The summed E-state index contributed by atoms with van der Waals surface area (Å²) in [5.74, 6) is 2.38. The number of hydrogen-bond acceptors (Lipinski definition) is 4. The Kier molecular flexibility index (Phi) is 30.6. The topological polar surface area (TPSA) is 48.0 Å². The van der Waals surface area contributed by atoms with Crippen molar-refractivity contribution in [2.24, 2.45) is 0 Å². The van der Waals surface area contributed by atoms with Crippen LogP contribution in [-0.2, 0) is 18.1 Å². The highest BCUT2D eigenvalue weighted by atomic mass is 28.4. The average molecular weight is 350 g/mol. The Morgan fingerprint density at radius 3 is 1.39 bits per heavy atom. The lowest BCUT2D eigenvalue weighted by atomic mass is 10.3. The number of carbonyl (C=O) groups excluding carboxylic acids is 1. The fourth-order valence-electron chi connectivity index (χ4n) is 0.826. The maximum atomic E-state index is 10.3. The van der Waals surface area contributed by atoms with Crippen molar-refractivity contribution in [1.82, 2.24) is 4.90 Å². The Hall–Kier alpha value is -0.873. The Labute approximate surface area is 146 Å². The van der Waals surface area contributed by atoms with E-state index in [1.165, 1.54) is 19.3 Å². The summed E-state index contributed by atoms with van der Waals surface area (Å²) in [7, 11) is 4.36. The first-order valence-corrected chi connectivity index (χ1v) is 10.2. The summed E-state index contributed by atoms with van der Waals surface area (Å²) >= 11 is 0. The molecule has 0 rings (SSSR count). The second-order valence-electron chi connectivity index (χ2n) is 4.65. The van der Waals surface area contributed by atoms with Gasteiger partial charge >= 0.3 is 8.80 Å². The normalized spacial score (nSPS) is 8.91. The van der Waals surface area contributed by atoms with Crippen LogP contribution in [0.1, 0.15) is 53.9 Å². The van der Waals surface area contributed by atoms with E-state index < -0.39 is 8.80 Å². The SMILES string of the molecule is C#CC.CCCCC.CCN(C)C(C)=O.CO[Si](C)(OC)OC. The van der Waals surface area contributed by atoms with Crippen LogP contribution in [0, 0.1) is 12.3 Å². The van der Waals surface area contributed by atoms with Crippen LogP contribution in [0.5, 0.6) is 0 Å². The van der Waals surface area contributed by atoms with Crippen molar-refractivity contribution in [3.63, 3.8) is 0 Å². The Morgan fingerprint density at radius 2 is 1.39 bits per heavy atom. The smallest absolute Gasteiger partial charge is 0.377 e. The van der Waals surface area contributed by atoms with E-state index >= 15 is 0 Å². The van der Waals surface area contributed by atoms with E-state index in [4.69, 9.17) is 13.3 Å². The van der Waals surface area contributed by atoms with Gasteiger partial charge < -0.3 is 18.2 Å². The first-order valence-electron chi connectivity index (χ1n) is 7.94. The van der Waals surface area contributed by atoms with Crippen LogP contribution in [0.2, 0.25) is 6.55 Å². The highest BCUT2D eigenvalue weighted by Gasteiger charge is 2.29. The number of carbonyl (C=O) groups is 1. The predicted octanol–water partition coefficient (Wildman–Crippen LogP) is 3.81. The monoisotopic (exact) mass is 349 g/mol. The highest BCUT2D eigenvalue weighted by molar-refractivity contribution is 6.58.